The summed E-state index contributed by atoms with van der Waals surface area (Å²) in [5.41, 5.74) is 37.7. The summed E-state index contributed by atoms with van der Waals surface area (Å²) in [4.78, 5) is 0. The average molecular weight is 1440 g/mol. The fourth-order valence-corrected chi connectivity index (χ4v) is 21.9. The lowest BCUT2D eigenvalue weighted by molar-refractivity contribution is 0.485. The number of nitrogens with zero attached hydrogens (tertiary/aromatic N) is 4. The highest BCUT2D eigenvalue weighted by Gasteiger charge is 2.55. The first-order chi connectivity index (χ1) is 55.3. The highest BCUT2D eigenvalue weighted by molar-refractivity contribution is 7.00. The summed E-state index contributed by atoms with van der Waals surface area (Å²) < 4.78 is 25.8. The Morgan fingerprint density at radius 1 is 0.257 bits per heavy atom. The van der Waals surface area contributed by atoms with Crippen LogP contribution in [0.25, 0.3) is 154 Å². The Hall–Kier alpha value is -13.6. The van der Waals surface area contributed by atoms with Crippen molar-refractivity contribution in [3.63, 3.8) is 0 Å². The smallest absolute Gasteiger partial charge is 0.256 e. The van der Waals surface area contributed by atoms with Crippen LogP contribution in [-0.2, 0) is 16.2 Å². The summed E-state index contributed by atoms with van der Waals surface area (Å²) in [6.45, 7) is 13.5. The molecule has 2 aliphatic carbocycles. The lowest BCUT2D eigenvalue weighted by Gasteiger charge is -2.36. The van der Waals surface area contributed by atoms with Gasteiger partial charge in [0, 0.05) is 76.9 Å². The Morgan fingerprint density at radius 2 is 0.619 bits per heavy atom. The maximum absolute atomic E-state index is 7.86. The van der Waals surface area contributed by atoms with Crippen LogP contribution in [0.3, 0.4) is 0 Å². The summed E-state index contributed by atoms with van der Waals surface area (Å²) in [6.07, 6.45) is 0. The molecule has 6 nitrogen and oxygen atoms in total. The minimum absolute atomic E-state index is 0.00152. The van der Waals surface area contributed by atoms with Gasteiger partial charge in [-0.2, -0.15) is 0 Å². The molecule has 528 valence electrons. The van der Waals surface area contributed by atoms with Gasteiger partial charge in [-0.15, -0.1) is 0 Å². The van der Waals surface area contributed by atoms with Gasteiger partial charge in [-0.3, -0.25) is 0 Å². The van der Waals surface area contributed by atoms with Crippen molar-refractivity contribution in [3.8, 4) is 90.3 Å². The molecule has 0 bridgehead atoms. The number of fused-ring (bicyclic) bond motifs is 30. The van der Waals surface area contributed by atoms with E-state index in [9.17, 15) is 0 Å². The second-order valence-corrected chi connectivity index (χ2v) is 34.6. The zero-order valence-corrected chi connectivity index (χ0v) is 63.3. The summed E-state index contributed by atoms with van der Waals surface area (Å²) in [7, 11) is 0. The molecule has 8 heteroatoms. The van der Waals surface area contributed by atoms with Gasteiger partial charge in [0.25, 0.3) is 13.4 Å². The Kier molecular flexibility index (Phi) is 11.9. The quantitative estimate of drug-likeness (QED) is 0.165. The molecule has 0 atom stereocenters. The van der Waals surface area contributed by atoms with Crippen molar-refractivity contribution in [3.05, 3.63) is 349 Å². The lowest BCUT2D eigenvalue weighted by atomic mass is 9.34. The third kappa shape index (κ3) is 8.00. The molecule has 6 aliphatic rings. The molecular weight excluding hydrogens is 1370 g/mol. The van der Waals surface area contributed by atoms with Crippen LogP contribution in [-0.4, -0.2) is 31.7 Å². The molecule has 20 aromatic rings. The molecule has 0 N–H and O–H groups in total. The molecule has 16 aromatic carbocycles. The molecule has 0 unspecified atom stereocenters. The number of hydrogen-bond donors (Lipinski definition) is 0. The molecule has 8 heterocycles. The van der Waals surface area contributed by atoms with Crippen molar-refractivity contribution >= 4 is 133 Å². The van der Waals surface area contributed by atoms with Crippen LogP contribution < -0.4 is 42.3 Å². The van der Waals surface area contributed by atoms with Crippen molar-refractivity contribution in [1.82, 2.24) is 18.3 Å². The number of hydrogen-bond acceptors (Lipinski definition) is 2. The number of rotatable bonds is 4. The molecule has 4 aliphatic heterocycles. The van der Waals surface area contributed by atoms with Crippen LogP contribution in [0.4, 0.5) is 0 Å². The van der Waals surface area contributed by atoms with Gasteiger partial charge >= 0.3 is 0 Å². The van der Waals surface area contributed by atoms with Crippen molar-refractivity contribution < 1.29 is 9.47 Å². The predicted molar refractivity (Wildman–Crippen MR) is 471 cm³/mol. The van der Waals surface area contributed by atoms with Crippen LogP contribution in [0.2, 0.25) is 0 Å². The highest BCUT2D eigenvalue weighted by atomic mass is 16.5. The van der Waals surface area contributed by atoms with Gasteiger partial charge in [0.1, 0.15) is 23.0 Å². The molecule has 0 saturated heterocycles. The maximum atomic E-state index is 7.86. The Balaban J connectivity index is 0.686. The van der Waals surface area contributed by atoms with E-state index in [4.69, 9.17) is 9.47 Å². The van der Waals surface area contributed by atoms with Crippen molar-refractivity contribution in [2.24, 2.45) is 0 Å². The van der Waals surface area contributed by atoms with E-state index >= 15 is 0 Å². The topological polar surface area (TPSA) is 38.2 Å². The van der Waals surface area contributed by atoms with E-state index in [1.807, 2.05) is 0 Å². The number of aromatic nitrogens is 4. The molecule has 4 aromatic heterocycles. The van der Waals surface area contributed by atoms with Gasteiger partial charge in [0.2, 0.25) is 0 Å². The Morgan fingerprint density at radius 3 is 1.02 bits per heavy atom. The van der Waals surface area contributed by atoms with E-state index in [1.165, 1.54) is 176 Å². The van der Waals surface area contributed by atoms with Gasteiger partial charge in [0.05, 0.1) is 38.5 Å². The van der Waals surface area contributed by atoms with Gasteiger partial charge in [-0.1, -0.05) is 260 Å². The fraction of sp³-hybridized carbons (Fsp3) is 0.0857. The van der Waals surface area contributed by atoms with Crippen molar-refractivity contribution in [2.45, 2.75) is 57.8 Å². The van der Waals surface area contributed by atoms with E-state index < -0.39 is 5.41 Å². The molecule has 0 amide bonds. The van der Waals surface area contributed by atoms with Crippen molar-refractivity contribution in [1.29, 1.82) is 0 Å². The zero-order chi connectivity index (χ0) is 74.6. The van der Waals surface area contributed by atoms with Gasteiger partial charge in [-0.25, -0.2) is 0 Å². The van der Waals surface area contributed by atoms with Crippen LogP contribution in [0, 0.1) is 0 Å². The van der Waals surface area contributed by atoms with E-state index in [1.54, 1.807) is 0 Å². The largest absolute Gasteiger partial charge is 0.458 e. The zero-order valence-electron chi connectivity index (χ0n) is 63.3. The first kappa shape index (κ1) is 62.2. The first-order valence-electron chi connectivity index (χ1n) is 39.9. The van der Waals surface area contributed by atoms with Gasteiger partial charge < -0.3 is 27.7 Å². The maximum Gasteiger partial charge on any atom is 0.256 e. The van der Waals surface area contributed by atoms with E-state index in [2.05, 4.69) is 375 Å². The molecule has 26 rings (SSSR count). The molecule has 0 radical (unpaired) electrons. The van der Waals surface area contributed by atoms with E-state index in [-0.39, 0.29) is 24.3 Å². The number of ether oxygens (including phenoxy) is 2. The normalized spacial score (nSPS) is 14.1. The van der Waals surface area contributed by atoms with Gasteiger partial charge in [-0.05, 0) is 219 Å². The SMILES string of the molecule is CC(C)(C)c1ccc(-c2cc3c4c(c2)-n2c5ccc(-n6c7ccccc7c7ccccc76)cc5c5cccc(c52)B4c2cc4c(cc2O3)C2(c3ccccc3-4)c3ccccc3-c3cc4c(cc32)Oc2cc(-c3ccc(C(C)(C)C)cc3)cc3c2B4c2cccc4c5cc(-n6c7ccccc7c7ccccc76)ccc5n-3c24)cc1. The number of benzene rings is 16. The minimum Gasteiger partial charge on any atom is -0.458 e. The van der Waals surface area contributed by atoms with Crippen LogP contribution in [0.1, 0.15) is 74.9 Å². The molecule has 1 spiro atoms. The van der Waals surface area contributed by atoms with Crippen molar-refractivity contribution in [2.75, 3.05) is 0 Å². The predicted octanol–water partition coefficient (Wildman–Crippen LogP) is 22.2. The standard InChI is InChI=1S/C105H70B2N4O2/c1-103(2,3)63-41-37-59(38-42-63)61-49-93-99-97(51-61)112-95-57-81-75(55-85(95)106(99)83-31-19-27-73-77-53-65(45-47-91(77)110(93)101(73)83)108-87-33-15-9-23-69(87)70-24-10-16-34-88(70)108)67-21-7-13-29-79(67)105(81)80-30-14-8-22-68(80)76-56-86-96(58-82(76)105)113-98-52-62(60-39-43-64(44-40-60)104(4,5)6)50-94-100(98)107(86)84-32-20-28-74-78-54-66(46-48-92(78)111(94)102(74)84)109-89-35-17-11-25-71(89)72-26-12-18-36-90(72)109/h7-58H,1-6H3. The summed E-state index contributed by atoms with van der Waals surface area (Å²) in [6, 6.07) is 120. The molecule has 0 fully saturated rings. The van der Waals surface area contributed by atoms with Crippen LogP contribution in [0.15, 0.2) is 315 Å². The fourth-order valence-electron chi connectivity index (χ4n) is 21.9. The third-order valence-electron chi connectivity index (χ3n) is 26.8. The summed E-state index contributed by atoms with van der Waals surface area (Å²) >= 11 is 0. The minimum atomic E-state index is -0.751. The van der Waals surface area contributed by atoms with E-state index in [0.29, 0.717) is 0 Å². The van der Waals surface area contributed by atoms with E-state index in [0.717, 1.165) is 68.0 Å². The average Bonchev–Trinajstić information content (AvgIpc) is 1.53. The lowest BCUT2D eigenvalue weighted by Crippen LogP contribution is -2.58. The molecule has 113 heavy (non-hydrogen) atoms. The van der Waals surface area contributed by atoms with Crippen LogP contribution in [0.5, 0.6) is 23.0 Å². The molecular formula is C105H70B2N4O2. The summed E-state index contributed by atoms with van der Waals surface area (Å²) in [5, 5.41) is 9.91. The summed E-state index contributed by atoms with van der Waals surface area (Å²) in [5.74, 6) is 3.53. The monoisotopic (exact) mass is 1440 g/mol. The Labute approximate surface area is 653 Å². The molecule has 0 saturated carbocycles. The first-order valence-corrected chi connectivity index (χ1v) is 39.9. The third-order valence-corrected chi connectivity index (χ3v) is 26.8. The second kappa shape index (κ2) is 21.5. The van der Waals surface area contributed by atoms with Gasteiger partial charge in [0.15, 0.2) is 0 Å². The van der Waals surface area contributed by atoms with Crippen LogP contribution >= 0.6 is 0 Å². The second-order valence-electron chi connectivity index (χ2n) is 34.6. The Bertz CT molecular complexity index is 7210. The highest BCUT2D eigenvalue weighted by Crippen LogP contribution is 2.64. The number of para-hydroxylation sites is 6.